The molecule has 0 saturated carbocycles. The van der Waals surface area contributed by atoms with Gasteiger partial charge in [0.1, 0.15) is 12.1 Å². The van der Waals surface area contributed by atoms with Crippen molar-refractivity contribution >= 4 is 34.9 Å². The Hall–Kier alpha value is -3.21. The molecule has 0 bridgehead atoms. The zero-order valence-electron chi connectivity index (χ0n) is 17.4. The Morgan fingerprint density at radius 2 is 1.91 bits per heavy atom. The van der Waals surface area contributed by atoms with Gasteiger partial charge in [-0.15, -0.1) is 11.3 Å². The fraction of sp³-hybridized carbons (Fsp3) is 0.318. The largest absolute Gasteiger partial charge is 0.390 e. The van der Waals surface area contributed by atoms with Crippen molar-refractivity contribution in [1.29, 1.82) is 0 Å². The lowest BCUT2D eigenvalue weighted by atomic mass is 9.90. The zero-order valence-corrected chi connectivity index (χ0v) is 18.3. The Kier molecular flexibility index (Phi) is 7.62. The number of urea groups is 1. The summed E-state index contributed by atoms with van der Waals surface area (Å²) in [6, 6.07) is 8.26. The van der Waals surface area contributed by atoms with Crippen LogP contribution in [-0.4, -0.2) is 52.4 Å². The van der Waals surface area contributed by atoms with E-state index in [-0.39, 0.29) is 18.4 Å². The van der Waals surface area contributed by atoms with Crippen molar-refractivity contribution in [2.75, 3.05) is 5.32 Å². The molecular weight excluding hydrogens is 432 g/mol. The summed E-state index contributed by atoms with van der Waals surface area (Å²) in [6.07, 6.45) is -1.07. The lowest BCUT2D eigenvalue weighted by molar-refractivity contribution is -0.125. The maximum absolute atomic E-state index is 12.7. The lowest BCUT2D eigenvalue weighted by Gasteiger charge is -2.31. The van der Waals surface area contributed by atoms with Crippen molar-refractivity contribution in [3.8, 4) is 0 Å². The number of thiophene rings is 1. The number of amides is 4. The minimum atomic E-state index is -1.30. The molecule has 0 aliphatic heterocycles. The number of rotatable bonds is 7. The van der Waals surface area contributed by atoms with Crippen molar-refractivity contribution < 1.29 is 24.6 Å². The third kappa shape index (κ3) is 6.16. The van der Waals surface area contributed by atoms with Crippen molar-refractivity contribution in [3.05, 3.63) is 63.9 Å². The van der Waals surface area contributed by atoms with E-state index in [4.69, 9.17) is 5.73 Å². The fourth-order valence-electron chi connectivity index (χ4n) is 3.32. The standard InChI is InChI=1S/C22H26N4O5S/c1-12-4-6-14(7-5-12)24-22(31)26-16-9-13(10-18(27)19(16)28)21(30)25-17(20(23)29)11-15-3-2-8-32-15/h2-9,16-19,27-28H,10-11H2,1H3,(H2,23,29)(H,25,30)(H2,24,26,31). The van der Waals surface area contributed by atoms with Gasteiger partial charge in [-0.1, -0.05) is 29.8 Å². The topological polar surface area (TPSA) is 154 Å². The van der Waals surface area contributed by atoms with E-state index in [0.29, 0.717) is 5.69 Å². The normalized spacial score (nSPS) is 21.2. The van der Waals surface area contributed by atoms with E-state index in [1.165, 1.54) is 17.4 Å². The van der Waals surface area contributed by atoms with Gasteiger partial charge in [-0.2, -0.15) is 0 Å². The second-order valence-electron chi connectivity index (χ2n) is 7.66. The van der Waals surface area contributed by atoms with Crippen LogP contribution in [0.1, 0.15) is 16.9 Å². The summed E-state index contributed by atoms with van der Waals surface area (Å²) in [5.74, 6) is -1.28. The van der Waals surface area contributed by atoms with Gasteiger partial charge in [0.15, 0.2) is 0 Å². The number of nitrogens with two attached hydrogens (primary N) is 1. The van der Waals surface area contributed by atoms with E-state index in [2.05, 4.69) is 16.0 Å². The molecule has 0 spiro atoms. The number of benzene rings is 1. The minimum Gasteiger partial charge on any atom is -0.390 e. The third-order valence-electron chi connectivity index (χ3n) is 5.10. The highest BCUT2D eigenvalue weighted by molar-refractivity contribution is 7.09. The molecule has 4 unspecified atom stereocenters. The number of aliphatic hydroxyl groups is 2. The maximum Gasteiger partial charge on any atom is 0.319 e. The number of nitrogens with one attached hydrogen (secondary N) is 3. The quantitative estimate of drug-likeness (QED) is 0.362. The first-order chi connectivity index (χ1) is 15.2. The molecule has 1 aliphatic carbocycles. The molecule has 3 rings (SSSR count). The smallest absolute Gasteiger partial charge is 0.319 e. The first-order valence-electron chi connectivity index (χ1n) is 10.1. The fourth-order valence-corrected chi connectivity index (χ4v) is 4.08. The molecule has 4 amide bonds. The number of carbonyl (C=O) groups excluding carboxylic acids is 3. The average molecular weight is 459 g/mol. The molecule has 7 N–H and O–H groups in total. The van der Waals surface area contributed by atoms with E-state index in [0.717, 1.165) is 10.4 Å². The molecule has 4 atom stereocenters. The van der Waals surface area contributed by atoms with Crippen molar-refractivity contribution in [3.63, 3.8) is 0 Å². The van der Waals surface area contributed by atoms with Crippen LogP contribution >= 0.6 is 11.3 Å². The Morgan fingerprint density at radius 3 is 2.53 bits per heavy atom. The van der Waals surface area contributed by atoms with Crippen LogP contribution in [0.15, 0.2) is 53.4 Å². The molecule has 1 aromatic carbocycles. The van der Waals surface area contributed by atoms with Crippen molar-refractivity contribution in [2.24, 2.45) is 5.73 Å². The van der Waals surface area contributed by atoms with Gasteiger partial charge in [0, 0.05) is 29.0 Å². The number of aliphatic hydroxyl groups excluding tert-OH is 2. The first kappa shape index (κ1) is 23.5. The number of hydrogen-bond donors (Lipinski definition) is 6. The monoisotopic (exact) mass is 458 g/mol. The van der Waals surface area contributed by atoms with Gasteiger partial charge < -0.3 is 31.9 Å². The van der Waals surface area contributed by atoms with E-state index < -0.39 is 42.1 Å². The van der Waals surface area contributed by atoms with Crippen LogP contribution in [0, 0.1) is 6.92 Å². The molecule has 0 fully saturated rings. The molecule has 0 radical (unpaired) electrons. The number of primary amides is 1. The molecule has 1 heterocycles. The van der Waals surface area contributed by atoms with Gasteiger partial charge in [0.05, 0.1) is 12.1 Å². The second kappa shape index (κ2) is 10.4. The highest BCUT2D eigenvalue weighted by Gasteiger charge is 2.34. The number of hydrogen-bond acceptors (Lipinski definition) is 6. The number of carbonyl (C=O) groups is 3. The molecule has 9 nitrogen and oxygen atoms in total. The summed E-state index contributed by atoms with van der Waals surface area (Å²) in [5, 5.41) is 30.1. The van der Waals surface area contributed by atoms with Gasteiger partial charge in [0.25, 0.3) is 0 Å². The molecule has 1 aromatic heterocycles. The van der Waals surface area contributed by atoms with Gasteiger partial charge in [-0.05, 0) is 30.5 Å². The summed E-state index contributed by atoms with van der Waals surface area (Å²) in [5.41, 5.74) is 7.16. The molecule has 32 heavy (non-hydrogen) atoms. The highest BCUT2D eigenvalue weighted by atomic mass is 32.1. The predicted octanol–water partition coefficient (Wildman–Crippen LogP) is 0.811. The number of anilines is 1. The van der Waals surface area contributed by atoms with E-state index in [1.54, 1.807) is 12.1 Å². The van der Waals surface area contributed by atoms with Crippen LogP contribution in [-0.2, 0) is 16.0 Å². The molecule has 0 saturated heterocycles. The summed E-state index contributed by atoms with van der Waals surface area (Å²) in [7, 11) is 0. The van der Waals surface area contributed by atoms with Gasteiger partial charge in [-0.3, -0.25) is 9.59 Å². The SMILES string of the molecule is Cc1ccc(NC(=O)NC2C=C(C(=O)NC(Cc3cccs3)C(N)=O)CC(O)C2O)cc1. The molecule has 1 aliphatic rings. The van der Waals surface area contributed by atoms with E-state index in [9.17, 15) is 24.6 Å². The predicted molar refractivity (Wildman–Crippen MR) is 121 cm³/mol. The Labute approximate surface area is 189 Å². The Morgan fingerprint density at radius 1 is 1.19 bits per heavy atom. The molecule has 170 valence electrons. The summed E-state index contributed by atoms with van der Waals surface area (Å²) in [4.78, 5) is 37.8. The summed E-state index contributed by atoms with van der Waals surface area (Å²) in [6.45, 7) is 1.92. The van der Waals surface area contributed by atoms with Crippen LogP contribution in [0.2, 0.25) is 0 Å². The molecular formula is C22H26N4O5S. The van der Waals surface area contributed by atoms with Gasteiger partial charge >= 0.3 is 6.03 Å². The Balaban J connectivity index is 1.67. The Bertz CT molecular complexity index is 990. The van der Waals surface area contributed by atoms with Gasteiger partial charge in [0.2, 0.25) is 11.8 Å². The minimum absolute atomic E-state index is 0.130. The van der Waals surface area contributed by atoms with Crippen LogP contribution in [0.25, 0.3) is 0 Å². The molecule has 2 aromatic rings. The maximum atomic E-state index is 12.7. The van der Waals surface area contributed by atoms with E-state index >= 15 is 0 Å². The van der Waals surface area contributed by atoms with Crippen molar-refractivity contribution in [1.82, 2.24) is 10.6 Å². The first-order valence-corrected chi connectivity index (χ1v) is 10.9. The van der Waals surface area contributed by atoms with Crippen LogP contribution in [0.4, 0.5) is 10.5 Å². The average Bonchev–Trinajstić information content (AvgIpc) is 3.25. The lowest BCUT2D eigenvalue weighted by Crippen LogP contribution is -2.53. The van der Waals surface area contributed by atoms with Crippen LogP contribution < -0.4 is 21.7 Å². The molecule has 10 heteroatoms. The van der Waals surface area contributed by atoms with Crippen LogP contribution in [0.5, 0.6) is 0 Å². The van der Waals surface area contributed by atoms with Crippen LogP contribution in [0.3, 0.4) is 0 Å². The highest BCUT2D eigenvalue weighted by Crippen LogP contribution is 2.21. The zero-order chi connectivity index (χ0) is 23.3. The van der Waals surface area contributed by atoms with Crippen molar-refractivity contribution in [2.45, 2.75) is 44.1 Å². The second-order valence-corrected chi connectivity index (χ2v) is 8.69. The van der Waals surface area contributed by atoms with E-state index in [1.807, 2.05) is 36.6 Å². The summed E-state index contributed by atoms with van der Waals surface area (Å²) < 4.78 is 0. The number of aryl methyl sites for hydroxylation is 1. The third-order valence-corrected chi connectivity index (χ3v) is 6.00. The summed E-state index contributed by atoms with van der Waals surface area (Å²) >= 11 is 1.44. The van der Waals surface area contributed by atoms with Gasteiger partial charge in [-0.25, -0.2) is 4.79 Å².